The van der Waals surface area contributed by atoms with E-state index in [-0.39, 0.29) is 5.91 Å². The zero-order chi connectivity index (χ0) is 17.8. The number of rotatable bonds is 6. The summed E-state index contributed by atoms with van der Waals surface area (Å²) in [5.41, 5.74) is 1.87. The zero-order valence-electron chi connectivity index (χ0n) is 15.0. The second kappa shape index (κ2) is 7.81. The summed E-state index contributed by atoms with van der Waals surface area (Å²) in [5, 5.41) is 11.8. The van der Waals surface area contributed by atoms with Crippen molar-refractivity contribution in [2.24, 2.45) is 11.8 Å². The fraction of sp³-hybridized carbons (Fsp3) is 0.500. The quantitative estimate of drug-likeness (QED) is 0.866. The van der Waals surface area contributed by atoms with Crippen LogP contribution in [-0.2, 0) is 4.79 Å². The van der Waals surface area contributed by atoms with Crippen LogP contribution in [0, 0.1) is 11.8 Å². The molecule has 0 spiro atoms. The Balaban J connectivity index is 1.21. The van der Waals surface area contributed by atoms with Gasteiger partial charge in [-0.15, -0.1) is 10.2 Å². The van der Waals surface area contributed by atoms with Crippen LogP contribution in [0.15, 0.2) is 36.7 Å². The molecule has 0 atom stereocenters. The standard InChI is InChI=1S/C20H25N5O/c26-20(11-15-3-1-2-4-15)22-12-16-13-25(14-16)19-6-5-18(23-24-19)17-7-9-21-10-8-17/h5-10,15-16H,1-4,11-14H2,(H,22,26). The smallest absolute Gasteiger partial charge is 0.220 e. The number of nitrogens with zero attached hydrogens (tertiary/aromatic N) is 4. The average Bonchev–Trinajstić information content (AvgIpc) is 3.14. The first-order valence-corrected chi connectivity index (χ1v) is 9.54. The molecule has 2 aromatic rings. The van der Waals surface area contributed by atoms with Gasteiger partial charge in [0.05, 0.1) is 5.69 Å². The highest BCUT2D eigenvalue weighted by atomic mass is 16.1. The molecule has 1 saturated heterocycles. The first-order chi connectivity index (χ1) is 12.8. The van der Waals surface area contributed by atoms with Crippen LogP contribution in [0.2, 0.25) is 0 Å². The van der Waals surface area contributed by atoms with Gasteiger partial charge < -0.3 is 10.2 Å². The maximum Gasteiger partial charge on any atom is 0.220 e. The van der Waals surface area contributed by atoms with E-state index in [9.17, 15) is 4.79 Å². The summed E-state index contributed by atoms with van der Waals surface area (Å²) in [4.78, 5) is 18.2. The first-order valence-electron chi connectivity index (χ1n) is 9.54. The van der Waals surface area contributed by atoms with Crippen molar-refractivity contribution >= 4 is 11.7 Å². The number of carbonyl (C=O) groups excluding carboxylic acids is 1. The van der Waals surface area contributed by atoms with Gasteiger partial charge in [-0.3, -0.25) is 9.78 Å². The third-order valence-electron chi connectivity index (χ3n) is 5.44. The molecule has 1 amide bonds. The molecule has 3 heterocycles. The summed E-state index contributed by atoms with van der Waals surface area (Å²) in [7, 11) is 0. The average molecular weight is 351 g/mol. The number of hydrogen-bond donors (Lipinski definition) is 1. The van der Waals surface area contributed by atoms with E-state index in [1.165, 1.54) is 25.7 Å². The molecule has 2 aliphatic rings. The van der Waals surface area contributed by atoms with Gasteiger partial charge in [0.2, 0.25) is 5.91 Å². The second-order valence-electron chi connectivity index (χ2n) is 7.44. The van der Waals surface area contributed by atoms with E-state index in [4.69, 9.17) is 0 Å². The molecule has 0 bridgehead atoms. The molecule has 26 heavy (non-hydrogen) atoms. The lowest BCUT2D eigenvalue weighted by atomic mass is 9.99. The maximum absolute atomic E-state index is 12.0. The molecule has 1 saturated carbocycles. The van der Waals surface area contributed by atoms with Crippen LogP contribution in [0.5, 0.6) is 0 Å². The van der Waals surface area contributed by atoms with Crippen molar-refractivity contribution in [2.45, 2.75) is 32.1 Å². The third-order valence-corrected chi connectivity index (χ3v) is 5.44. The minimum absolute atomic E-state index is 0.219. The predicted molar refractivity (Wildman–Crippen MR) is 101 cm³/mol. The molecule has 6 nitrogen and oxygen atoms in total. The number of anilines is 1. The van der Waals surface area contributed by atoms with Gasteiger partial charge in [0, 0.05) is 49.9 Å². The van der Waals surface area contributed by atoms with E-state index in [0.717, 1.165) is 36.7 Å². The summed E-state index contributed by atoms with van der Waals surface area (Å²) in [6, 6.07) is 7.86. The number of aromatic nitrogens is 3. The molecular weight excluding hydrogens is 326 g/mol. The summed E-state index contributed by atoms with van der Waals surface area (Å²) in [6.45, 7) is 2.62. The van der Waals surface area contributed by atoms with Crippen LogP contribution in [-0.4, -0.2) is 40.7 Å². The van der Waals surface area contributed by atoms with Crippen molar-refractivity contribution in [3.8, 4) is 11.3 Å². The summed E-state index contributed by atoms with van der Waals surface area (Å²) >= 11 is 0. The van der Waals surface area contributed by atoms with E-state index in [1.54, 1.807) is 12.4 Å². The predicted octanol–water partition coefficient (Wildman–Crippen LogP) is 2.67. The van der Waals surface area contributed by atoms with Crippen molar-refractivity contribution < 1.29 is 4.79 Å². The van der Waals surface area contributed by atoms with E-state index < -0.39 is 0 Å². The lowest BCUT2D eigenvalue weighted by Crippen LogP contribution is -2.52. The molecule has 0 aromatic carbocycles. The van der Waals surface area contributed by atoms with Crippen LogP contribution >= 0.6 is 0 Å². The lowest BCUT2D eigenvalue weighted by Gasteiger charge is -2.40. The zero-order valence-corrected chi connectivity index (χ0v) is 15.0. The minimum Gasteiger partial charge on any atom is -0.356 e. The summed E-state index contributed by atoms with van der Waals surface area (Å²) < 4.78 is 0. The van der Waals surface area contributed by atoms with E-state index in [0.29, 0.717) is 18.3 Å². The highest BCUT2D eigenvalue weighted by Gasteiger charge is 2.28. The fourth-order valence-corrected chi connectivity index (χ4v) is 3.86. The van der Waals surface area contributed by atoms with Gasteiger partial charge in [-0.1, -0.05) is 12.8 Å². The van der Waals surface area contributed by atoms with Crippen LogP contribution in [0.1, 0.15) is 32.1 Å². The minimum atomic E-state index is 0.219. The van der Waals surface area contributed by atoms with Gasteiger partial charge >= 0.3 is 0 Å². The van der Waals surface area contributed by atoms with Crippen LogP contribution in [0.4, 0.5) is 5.82 Å². The highest BCUT2D eigenvalue weighted by molar-refractivity contribution is 5.76. The largest absolute Gasteiger partial charge is 0.356 e. The molecule has 0 unspecified atom stereocenters. The van der Waals surface area contributed by atoms with Gasteiger partial charge in [0.25, 0.3) is 0 Å². The molecule has 2 fully saturated rings. The van der Waals surface area contributed by atoms with Crippen LogP contribution in [0.3, 0.4) is 0 Å². The van der Waals surface area contributed by atoms with Gasteiger partial charge in [0.1, 0.15) is 0 Å². The van der Waals surface area contributed by atoms with Crippen LogP contribution < -0.4 is 10.2 Å². The van der Waals surface area contributed by atoms with E-state index >= 15 is 0 Å². The van der Waals surface area contributed by atoms with Gasteiger partial charge in [-0.05, 0) is 43.0 Å². The number of amides is 1. The molecule has 4 rings (SSSR count). The summed E-state index contributed by atoms with van der Waals surface area (Å²) in [5.74, 6) is 2.24. The Bertz CT molecular complexity index is 722. The maximum atomic E-state index is 12.0. The third kappa shape index (κ3) is 4.00. The normalized spacial score (nSPS) is 17.9. The molecule has 1 aliphatic carbocycles. The molecular formula is C20H25N5O. The molecule has 136 valence electrons. The SMILES string of the molecule is O=C(CC1CCCC1)NCC1CN(c2ccc(-c3ccncc3)nn2)C1. The van der Waals surface area contributed by atoms with Gasteiger partial charge in [0.15, 0.2) is 5.82 Å². The topological polar surface area (TPSA) is 71.0 Å². The Morgan fingerprint density at radius 2 is 1.81 bits per heavy atom. The Morgan fingerprint density at radius 3 is 2.50 bits per heavy atom. The molecule has 6 heteroatoms. The fourth-order valence-electron chi connectivity index (χ4n) is 3.86. The van der Waals surface area contributed by atoms with Crippen LogP contribution in [0.25, 0.3) is 11.3 Å². The number of carbonyl (C=O) groups is 1. The highest BCUT2D eigenvalue weighted by Crippen LogP contribution is 2.27. The monoisotopic (exact) mass is 351 g/mol. The Kier molecular flexibility index (Phi) is 5.09. The van der Waals surface area contributed by atoms with Gasteiger partial charge in [-0.2, -0.15) is 0 Å². The molecule has 0 radical (unpaired) electrons. The number of nitrogens with one attached hydrogen (secondary N) is 1. The Hall–Kier alpha value is -2.50. The lowest BCUT2D eigenvalue weighted by molar-refractivity contribution is -0.122. The van der Waals surface area contributed by atoms with Crippen molar-refractivity contribution in [3.05, 3.63) is 36.7 Å². The van der Waals surface area contributed by atoms with Crippen molar-refractivity contribution in [3.63, 3.8) is 0 Å². The molecule has 1 N–H and O–H groups in total. The van der Waals surface area contributed by atoms with E-state index in [1.807, 2.05) is 24.3 Å². The molecule has 2 aromatic heterocycles. The van der Waals surface area contributed by atoms with Crippen molar-refractivity contribution in [1.29, 1.82) is 0 Å². The van der Waals surface area contributed by atoms with E-state index in [2.05, 4.69) is 25.4 Å². The Morgan fingerprint density at radius 1 is 1.04 bits per heavy atom. The molecule has 1 aliphatic heterocycles. The van der Waals surface area contributed by atoms with Crippen molar-refractivity contribution in [2.75, 3.05) is 24.5 Å². The number of pyridine rings is 1. The first kappa shape index (κ1) is 16.9. The second-order valence-corrected chi connectivity index (χ2v) is 7.44. The Labute approximate surface area is 154 Å². The van der Waals surface area contributed by atoms with Crippen molar-refractivity contribution in [1.82, 2.24) is 20.5 Å². The van der Waals surface area contributed by atoms with Gasteiger partial charge in [-0.25, -0.2) is 0 Å². The summed E-state index contributed by atoms with van der Waals surface area (Å²) in [6.07, 6.45) is 9.24. The number of hydrogen-bond acceptors (Lipinski definition) is 5.